The van der Waals surface area contributed by atoms with Gasteiger partial charge in [0.2, 0.25) is 0 Å². The number of hydrogen-bond donors (Lipinski definition) is 0. The molecule has 0 spiro atoms. The Morgan fingerprint density at radius 3 is 2.26 bits per heavy atom. The summed E-state index contributed by atoms with van der Waals surface area (Å²) in [6, 6.07) is 0. The van der Waals surface area contributed by atoms with Crippen molar-refractivity contribution in [3.63, 3.8) is 0 Å². The minimum absolute atomic E-state index is 0. The summed E-state index contributed by atoms with van der Waals surface area (Å²) < 4.78 is 44.5. The number of Topliss-reactive ketones (excluding diaryl/α,β-unsaturated/α-hetero) is 1. The normalized spacial score (nSPS) is 16.3. The summed E-state index contributed by atoms with van der Waals surface area (Å²) in [6.07, 6.45) is 0.657. The molecule has 4 nitrogen and oxygen atoms in total. The molecule has 0 aliphatic carbocycles. The van der Waals surface area contributed by atoms with Crippen LogP contribution in [0.1, 0.15) is 47.0 Å². The van der Waals surface area contributed by atoms with Crippen LogP contribution in [-0.2, 0) is 9.53 Å². The standard InChI is InChI=1S/C14H22BF3NO3.K/c1-5-6-7-10-8-19(13(21)22-14(2,3)4)9-11(20)12(10)15(16,17)18;/h5-9H2,1-4H3;/q-1;+1. The van der Waals surface area contributed by atoms with Crippen molar-refractivity contribution < 1.29 is 78.7 Å². The smallest absolute Gasteiger partial charge is 0.445 e. The zero-order valence-electron chi connectivity index (χ0n) is 14.4. The molecule has 1 aliphatic rings. The van der Waals surface area contributed by atoms with Gasteiger partial charge in [-0.05, 0) is 33.6 Å². The van der Waals surface area contributed by atoms with Crippen molar-refractivity contribution in [2.45, 2.75) is 52.6 Å². The van der Waals surface area contributed by atoms with Gasteiger partial charge >= 0.3 is 64.5 Å². The molecule has 0 unspecified atom stereocenters. The average molecular weight is 359 g/mol. The van der Waals surface area contributed by atoms with Crippen molar-refractivity contribution in [2.75, 3.05) is 13.1 Å². The summed E-state index contributed by atoms with van der Waals surface area (Å²) in [4.78, 5) is 24.9. The number of nitrogens with zero attached hydrogens (tertiary/aromatic N) is 1. The van der Waals surface area contributed by atoms with Crippen molar-refractivity contribution in [3.8, 4) is 0 Å². The summed E-state index contributed by atoms with van der Waals surface area (Å²) in [5, 5.41) is 0. The molecule has 1 aliphatic heterocycles. The molecular weight excluding hydrogens is 337 g/mol. The molecule has 0 saturated carbocycles. The van der Waals surface area contributed by atoms with Gasteiger partial charge < -0.3 is 17.7 Å². The quantitative estimate of drug-likeness (QED) is 0.694. The second-order valence-electron chi connectivity index (χ2n) is 6.46. The summed E-state index contributed by atoms with van der Waals surface area (Å²) in [5.41, 5.74) is -1.80. The van der Waals surface area contributed by atoms with Gasteiger partial charge in [0.1, 0.15) is 11.4 Å². The first kappa shape index (κ1) is 23.2. The first-order chi connectivity index (χ1) is 9.95. The van der Waals surface area contributed by atoms with E-state index in [4.69, 9.17) is 4.74 Å². The van der Waals surface area contributed by atoms with Crippen molar-refractivity contribution in [1.82, 2.24) is 4.90 Å². The Morgan fingerprint density at radius 1 is 1.26 bits per heavy atom. The van der Waals surface area contributed by atoms with Crippen LogP contribution in [0.25, 0.3) is 0 Å². The largest absolute Gasteiger partial charge is 1.00 e. The van der Waals surface area contributed by atoms with E-state index in [0.29, 0.717) is 12.8 Å². The molecule has 0 bridgehead atoms. The maximum atomic E-state index is 13.1. The van der Waals surface area contributed by atoms with E-state index in [-0.39, 0.29) is 69.9 Å². The van der Waals surface area contributed by atoms with Crippen molar-refractivity contribution in [3.05, 3.63) is 11.0 Å². The van der Waals surface area contributed by atoms with Crippen LogP contribution in [0.4, 0.5) is 17.7 Å². The van der Waals surface area contributed by atoms with Crippen LogP contribution >= 0.6 is 0 Å². The zero-order chi connectivity index (χ0) is 17.1. The van der Waals surface area contributed by atoms with Crippen LogP contribution in [0, 0.1) is 0 Å². The van der Waals surface area contributed by atoms with Gasteiger partial charge in [-0.3, -0.25) is 9.69 Å². The molecule has 9 heteroatoms. The first-order valence-electron chi connectivity index (χ1n) is 7.38. The van der Waals surface area contributed by atoms with E-state index in [2.05, 4.69) is 0 Å². The first-order valence-corrected chi connectivity index (χ1v) is 7.38. The van der Waals surface area contributed by atoms with Crippen molar-refractivity contribution in [2.24, 2.45) is 0 Å². The van der Waals surface area contributed by atoms with E-state index in [0.717, 1.165) is 4.90 Å². The number of hydrogen-bond acceptors (Lipinski definition) is 3. The minimum Gasteiger partial charge on any atom is -0.445 e. The SMILES string of the molecule is CCCCC1=C([B-](F)(F)F)C(=O)CN(C(=O)OC(C)(C)C)C1.[K+]. The van der Waals surface area contributed by atoms with Gasteiger partial charge in [0, 0.05) is 6.54 Å². The van der Waals surface area contributed by atoms with E-state index in [1.807, 2.05) is 6.92 Å². The number of halogens is 3. The van der Waals surface area contributed by atoms with Crippen LogP contribution in [0.3, 0.4) is 0 Å². The third kappa shape index (κ3) is 7.29. The van der Waals surface area contributed by atoms with Crippen LogP contribution in [0.15, 0.2) is 11.0 Å². The molecule has 0 aromatic heterocycles. The van der Waals surface area contributed by atoms with E-state index in [1.54, 1.807) is 20.8 Å². The maximum Gasteiger partial charge on any atom is 1.00 e. The summed E-state index contributed by atoms with van der Waals surface area (Å²) in [6.45, 7) is 0.701. The fourth-order valence-corrected chi connectivity index (χ4v) is 2.30. The molecule has 23 heavy (non-hydrogen) atoms. The molecule has 0 fully saturated rings. The van der Waals surface area contributed by atoms with Gasteiger partial charge in [-0.1, -0.05) is 24.4 Å². The van der Waals surface area contributed by atoms with E-state index < -0.39 is 36.5 Å². The third-order valence-corrected chi connectivity index (χ3v) is 3.21. The topological polar surface area (TPSA) is 46.6 Å². The minimum atomic E-state index is -5.36. The Hall–Kier alpha value is 0.171. The maximum absolute atomic E-state index is 13.1. The van der Waals surface area contributed by atoms with Gasteiger partial charge in [-0.25, -0.2) is 4.79 Å². The fraction of sp³-hybridized carbons (Fsp3) is 0.714. The van der Waals surface area contributed by atoms with Crippen LogP contribution in [0.2, 0.25) is 0 Å². The molecule has 0 aromatic carbocycles. The molecule has 1 amide bonds. The fourth-order valence-electron chi connectivity index (χ4n) is 2.30. The number of ketones is 1. The second-order valence-corrected chi connectivity index (χ2v) is 6.46. The number of unbranched alkanes of at least 4 members (excludes halogenated alkanes) is 1. The Bertz CT molecular complexity index is 487. The molecule has 0 radical (unpaired) electrons. The van der Waals surface area contributed by atoms with Gasteiger partial charge in [0.05, 0.1) is 6.54 Å². The molecule has 1 rings (SSSR count). The molecule has 1 heterocycles. The molecular formula is C14H22BF3KNO3. The van der Waals surface area contributed by atoms with Crippen molar-refractivity contribution in [1.29, 1.82) is 0 Å². The monoisotopic (exact) mass is 359 g/mol. The second kappa shape index (κ2) is 9.03. The molecule has 0 atom stereocenters. The third-order valence-electron chi connectivity index (χ3n) is 3.21. The van der Waals surface area contributed by atoms with Gasteiger partial charge in [-0.15, -0.1) is 0 Å². The van der Waals surface area contributed by atoms with E-state index >= 15 is 0 Å². The number of carbonyl (C=O) groups excluding carboxylic acids is 2. The predicted molar refractivity (Wildman–Crippen MR) is 78.4 cm³/mol. The molecule has 126 valence electrons. The van der Waals surface area contributed by atoms with Crippen LogP contribution < -0.4 is 51.4 Å². The summed E-state index contributed by atoms with van der Waals surface area (Å²) >= 11 is 0. The van der Waals surface area contributed by atoms with E-state index in [1.165, 1.54) is 0 Å². The van der Waals surface area contributed by atoms with E-state index in [9.17, 15) is 22.5 Å². The van der Waals surface area contributed by atoms with Gasteiger partial charge in [0.25, 0.3) is 0 Å². The summed E-state index contributed by atoms with van der Waals surface area (Å²) in [7, 11) is 0. The van der Waals surface area contributed by atoms with Gasteiger partial charge in [-0.2, -0.15) is 0 Å². The number of carbonyl (C=O) groups is 2. The molecule has 0 N–H and O–H groups in total. The zero-order valence-corrected chi connectivity index (χ0v) is 17.5. The Kier molecular flexibility index (Phi) is 9.10. The Morgan fingerprint density at radius 2 is 1.83 bits per heavy atom. The molecule has 0 saturated heterocycles. The summed E-state index contributed by atoms with van der Waals surface area (Å²) in [5.74, 6) is -1.05. The van der Waals surface area contributed by atoms with Crippen molar-refractivity contribution >= 4 is 18.9 Å². The number of amides is 1. The Labute approximate surface area is 177 Å². The Balaban J connectivity index is 0.00000484. The van der Waals surface area contributed by atoms with Crippen LogP contribution in [-0.4, -0.2) is 42.4 Å². The number of rotatable bonds is 4. The average Bonchev–Trinajstić information content (AvgIpc) is 2.31. The predicted octanol–water partition coefficient (Wildman–Crippen LogP) is 0.684. The van der Waals surface area contributed by atoms with Crippen LogP contribution in [0.5, 0.6) is 0 Å². The number of ether oxygens (including phenoxy) is 1. The molecule has 0 aromatic rings. The van der Waals surface area contributed by atoms with Gasteiger partial charge in [0.15, 0.2) is 0 Å².